The summed E-state index contributed by atoms with van der Waals surface area (Å²) in [7, 11) is 2.07. The van der Waals surface area contributed by atoms with E-state index >= 15 is 0 Å². The molecule has 90 valence electrons. The fourth-order valence-corrected chi connectivity index (χ4v) is 1.58. The lowest BCUT2D eigenvalue weighted by molar-refractivity contribution is 0.113. The second-order valence-electron chi connectivity index (χ2n) is 4.28. The number of aliphatic hydroxyl groups excluding tert-OH is 1. The summed E-state index contributed by atoms with van der Waals surface area (Å²) in [5, 5.41) is 12.6. The van der Waals surface area contributed by atoms with E-state index < -0.39 is 0 Å². The lowest BCUT2D eigenvalue weighted by atomic mass is 10.3. The Kier molecular flexibility index (Phi) is 6.17. The second kappa shape index (κ2) is 7.17. The molecular formula is C11H24N2O2. The summed E-state index contributed by atoms with van der Waals surface area (Å²) >= 11 is 0. The van der Waals surface area contributed by atoms with Gasteiger partial charge in [0.15, 0.2) is 0 Å². The molecule has 0 amide bonds. The summed E-state index contributed by atoms with van der Waals surface area (Å²) in [6.07, 6.45) is 2.53. The van der Waals surface area contributed by atoms with Crippen LogP contribution in [0.15, 0.2) is 0 Å². The van der Waals surface area contributed by atoms with Gasteiger partial charge < -0.3 is 20.1 Å². The second-order valence-corrected chi connectivity index (χ2v) is 4.28. The molecule has 1 aliphatic rings. The Balaban J connectivity index is 2.06. The third kappa shape index (κ3) is 6.10. The van der Waals surface area contributed by atoms with Gasteiger partial charge in [-0.2, -0.15) is 0 Å². The maximum Gasteiger partial charge on any atom is 0.0597 e. The van der Waals surface area contributed by atoms with Crippen LogP contribution in [-0.2, 0) is 4.74 Å². The van der Waals surface area contributed by atoms with E-state index in [0.717, 1.165) is 26.3 Å². The van der Waals surface area contributed by atoms with E-state index in [2.05, 4.69) is 17.3 Å². The first-order chi connectivity index (χ1) is 7.26. The summed E-state index contributed by atoms with van der Waals surface area (Å²) in [5.74, 6) is 0. The molecule has 0 radical (unpaired) electrons. The molecule has 0 aromatic heterocycles. The average Bonchev–Trinajstić information content (AvgIpc) is 3.01. The molecule has 1 unspecified atom stereocenters. The molecule has 15 heavy (non-hydrogen) atoms. The fraction of sp³-hybridized carbons (Fsp3) is 1.00. The number of hydrogen-bond donors (Lipinski definition) is 2. The van der Waals surface area contributed by atoms with Gasteiger partial charge in [-0.1, -0.05) is 0 Å². The van der Waals surface area contributed by atoms with Gasteiger partial charge in [0.2, 0.25) is 0 Å². The highest BCUT2D eigenvalue weighted by molar-refractivity contribution is 4.85. The van der Waals surface area contributed by atoms with E-state index in [-0.39, 0.29) is 12.6 Å². The van der Waals surface area contributed by atoms with Gasteiger partial charge in [0.25, 0.3) is 0 Å². The van der Waals surface area contributed by atoms with Gasteiger partial charge in [-0.15, -0.1) is 0 Å². The van der Waals surface area contributed by atoms with Crippen molar-refractivity contribution in [2.24, 2.45) is 0 Å². The number of nitrogens with one attached hydrogen (secondary N) is 1. The van der Waals surface area contributed by atoms with Crippen LogP contribution in [0.4, 0.5) is 0 Å². The largest absolute Gasteiger partial charge is 0.395 e. The summed E-state index contributed by atoms with van der Waals surface area (Å²) in [6, 6.07) is 0.867. The van der Waals surface area contributed by atoms with Crippen LogP contribution in [0.2, 0.25) is 0 Å². The minimum Gasteiger partial charge on any atom is -0.395 e. The molecule has 1 saturated carbocycles. The van der Waals surface area contributed by atoms with Crippen molar-refractivity contribution in [1.82, 2.24) is 10.2 Å². The van der Waals surface area contributed by atoms with Gasteiger partial charge in [-0.25, -0.2) is 0 Å². The first-order valence-corrected chi connectivity index (χ1v) is 5.89. The minimum atomic E-state index is 0.212. The highest BCUT2D eigenvalue weighted by atomic mass is 16.5. The first kappa shape index (κ1) is 12.9. The van der Waals surface area contributed by atoms with Crippen molar-refractivity contribution in [2.45, 2.75) is 31.8 Å². The smallest absolute Gasteiger partial charge is 0.0597 e. The Labute approximate surface area is 92.6 Å². The quantitative estimate of drug-likeness (QED) is 0.535. The minimum absolute atomic E-state index is 0.212. The maximum atomic E-state index is 9.20. The van der Waals surface area contributed by atoms with Crippen molar-refractivity contribution in [1.29, 1.82) is 0 Å². The van der Waals surface area contributed by atoms with E-state index in [1.165, 1.54) is 12.8 Å². The third-order valence-electron chi connectivity index (χ3n) is 2.62. The molecule has 2 N–H and O–H groups in total. The van der Waals surface area contributed by atoms with Gasteiger partial charge in [-0.3, -0.25) is 0 Å². The average molecular weight is 216 g/mol. The Morgan fingerprint density at radius 1 is 1.53 bits per heavy atom. The standard InChI is InChI=1S/C11H24N2O2/c1-3-15-7-6-13(2)8-11(9-14)12-10-4-5-10/h10-12,14H,3-9H2,1-2H3. The molecule has 0 aliphatic heterocycles. The fourth-order valence-electron chi connectivity index (χ4n) is 1.58. The van der Waals surface area contributed by atoms with Crippen molar-refractivity contribution in [3.05, 3.63) is 0 Å². The molecule has 1 aliphatic carbocycles. The van der Waals surface area contributed by atoms with E-state index in [4.69, 9.17) is 4.74 Å². The highest BCUT2D eigenvalue weighted by Crippen LogP contribution is 2.19. The van der Waals surface area contributed by atoms with Crippen molar-refractivity contribution in [3.63, 3.8) is 0 Å². The van der Waals surface area contributed by atoms with E-state index in [9.17, 15) is 5.11 Å². The molecule has 1 fully saturated rings. The van der Waals surface area contributed by atoms with Gasteiger partial charge in [0.05, 0.1) is 13.2 Å². The lowest BCUT2D eigenvalue weighted by Crippen LogP contribution is -2.43. The Morgan fingerprint density at radius 3 is 2.80 bits per heavy atom. The van der Waals surface area contributed by atoms with E-state index in [1.54, 1.807) is 0 Å². The molecule has 1 rings (SSSR count). The maximum absolute atomic E-state index is 9.20. The summed E-state index contributed by atoms with van der Waals surface area (Å²) in [5.41, 5.74) is 0. The van der Waals surface area contributed by atoms with Crippen LogP contribution < -0.4 is 5.32 Å². The van der Waals surface area contributed by atoms with Crippen LogP contribution in [0.25, 0.3) is 0 Å². The number of aliphatic hydroxyl groups is 1. The SMILES string of the molecule is CCOCCN(C)CC(CO)NC1CC1. The normalized spacial score (nSPS) is 18.4. The Hall–Kier alpha value is -0.160. The predicted molar refractivity (Wildman–Crippen MR) is 61.0 cm³/mol. The molecule has 4 nitrogen and oxygen atoms in total. The first-order valence-electron chi connectivity index (χ1n) is 5.89. The molecule has 0 heterocycles. The monoisotopic (exact) mass is 216 g/mol. The zero-order valence-electron chi connectivity index (χ0n) is 9.91. The van der Waals surface area contributed by atoms with E-state index in [0.29, 0.717) is 6.04 Å². The summed E-state index contributed by atoms with van der Waals surface area (Å²) in [6.45, 7) is 5.59. The van der Waals surface area contributed by atoms with Crippen LogP contribution in [0.1, 0.15) is 19.8 Å². The van der Waals surface area contributed by atoms with Gasteiger partial charge in [-0.05, 0) is 26.8 Å². The zero-order chi connectivity index (χ0) is 11.1. The zero-order valence-corrected chi connectivity index (χ0v) is 9.91. The van der Waals surface area contributed by atoms with Crippen molar-refractivity contribution in [2.75, 3.05) is 40.0 Å². The molecular weight excluding hydrogens is 192 g/mol. The topological polar surface area (TPSA) is 44.7 Å². The Bertz CT molecular complexity index is 163. The van der Waals surface area contributed by atoms with Crippen LogP contribution in [0.3, 0.4) is 0 Å². The molecule has 0 aromatic carbocycles. The molecule has 4 heteroatoms. The van der Waals surface area contributed by atoms with Crippen LogP contribution in [0, 0.1) is 0 Å². The van der Waals surface area contributed by atoms with Crippen LogP contribution in [-0.4, -0.2) is 62.0 Å². The number of likely N-dealkylation sites (N-methyl/N-ethyl adjacent to an activating group) is 1. The Morgan fingerprint density at radius 2 is 2.27 bits per heavy atom. The van der Waals surface area contributed by atoms with E-state index in [1.807, 2.05) is 6.92 Å². The number of nitrogens with zero attached hydrogens (tertiary/aromatic N) is 1. The summed E-state index contributed by atoms with van der Waals surface area (Å²) < 4.78 is 5.29. The molecule has 1 atom stereocenters. The number of ether oxygens (including phenoxy) is 1. The molecule has 0 aromatic rings. The highest BCUT2D eigenvalue weighted by Gasteiger charge is 2.24. The van der Waals surface area contributed by atoms with Crippen LogP contribution in [0.5, 0.6) is 0 Å². The number of hydrogen-bond acceptors (Lipinski definition) is 4. The van der Waals surface area contributed by atoms with Gasteiger partial charge in [0, 0.05) is 31.8 Å². The molecule has 0 spiro atoms. The van der Waals surface area contributed by atoms with Gasteiger partial charge >= 0.3 is 0 Å². The van der Waals surface area contributed by atoms with Crippen molar-refractivity contribution in [3.8, 4) is 0 Å². The molecule has 0 bridgehead atoms. The third-order valence-corrected chi connectivity index (χ3v) is 2.62. The van der Waals surface area contributed by atoms with Crippen molar-refractivity contribution < 1.29 is 9.84 Å². The van der Waals surface area contributed by atoms with Crippen molar-refractivity contribution >= 4 is 0 Å². The number of rotatable bonds is 9. The lowest BCUT2D eigenvalue weighted by Gasteiger charge is -2.23. The molecule has 0 saturated heterocycles. The van der Waals surface area contributed by atoms with Gasteiger partial charge in [0.1, 0.15) is 0 Å². The summed E-state index contributed by atoms with van der Waals surface area (Å²) in [4.78, 5) is 2.20. The predicted octanol–water partition coefficient (Wildman–Crippen LogP) is 0.0676. The van der Waals surface area contributed by atoms with Crippen LogP contribution >= 0.6 is 0 Å².